The van der Waals surface area contributed by atoms with E-state index in [1.165, 1.54) is 0 Å². The number of carbonyl (C=O) groups excluding carboxylic acids is 1. The lowest BCUT2D eigenvalue weighted by Gasteiger charge is -2.34. The van der Waals surface area contributed by atoms with E-state index in [0.717, 1.165) is 67.5 Å². The number of hydrogen-bond donors (Lipinski definition) is 1. The number of nitrogens with two attached hydrogens (primary N) is 1. The van der Waals surface area contributed by atoms with E-state index >= 15 is 0 Å². The van der Waals surface area contributed by atoms with Gasteiger partial charge in [-0.15, -0.1) is 0 Å². The van der Waals surface area contributed by atoms with Gasteiger partial charge in [-0.25, -0.2) is 0 Å². The summed E-state index contributed by atoms with van der Waals surface area (Å²) in [5, 5.41) is 1.06. The van der Waals surface area contributed by atoms with Crippen LogP contribution in [0.3, 0.4) is 0 Å². The summed E-state index contributed by atoms with van der Waals surface area (Å²) in [6.45, 7) is 2.33. The van der Waals surface area contributed by atoms with E-state index in [4.69, 9.17) is 15.5 Å². The summed E-state index contributed by atoms with van der Waals surface area (Å²) < 4.78 is 5.74. The number of pyridine rings is 1. The maximum atomic E-state index is 12.7. The van der Waals surface area contributed by atoms with Crippen LogP contribution in [0, 0.1) is 0 Å². The number of carbonyl (C=O) groups is 1. The fourth-order valence-corrected chi connectivity index (χ4v) is 4.19. The van der Waals surface area contributed by atoms with E-state index < -0.39 is 0 Å². The van der Waals surface area contributed by atoms with Gasteiger partial charge in [0.2, 0.25) is 5.91 Å². The second-order valence-corrected chi connectivity index (χ2v) is 7.53. The molecule has 3 heterocycles. The quantitative estimate of drug-likeness (QED) is 0.917. The van der Waals surface area contributed by atoms with Gasteiger partial charge in [-0.3, -0.25) is 9.78 Å². The van der Waals surface area contributed by atoms with Gasteiger partial charge in [-0.1, -0.05) is 18.2 Å². The summed E-state index contributed by atoms with van der Waals surface area (Å²) in [4.78, 5) is 19.5. The molecule has 2 aliphatic rings. The van der Waals surface area contributed by atoms with E-state index in [0.29, 0.717) is 13.0 Å². The molecule has 0 spiro atoms. The van der Waals surface area contributed by atoms with Crippen molar-refractivity contribution in [3.8, 4) is 0 Å². The Kier molecular flexibility index (Phi) is 5.07. The summed E-state index contributed by atoms with van der Waals surface area (Å²) >= 11 is 0. The highest BCUT2D eigenvalue weighted by Crippen LogP contribution is 2.32. The third-order valence-corrected chi connectivity index (χ3v) is 5.62. The average molecular weight is 353 g/mol. The van der Waals surface area contributed by atoms with Gasteiger partial charge in [0.05, 0.1) is 29.4 Å². The van der Waals surface area contributed by atoms with E-state index in [-0.39, 0.29) is 17.9 Å². The van der Waals surface area contributed by atoms with E-state index in [1.807, 2.05) is 35.2 Å². The predicted octanol–water partition coefficient (Wildman–Crippen LogP) is 3.48. The molecular weight excluding hydrogens is 326 g/mol. The molecule has 138 valence electrons. The number of aromatic nitrogens is 1. The molecule has 1 amide bonds. The highest BCUT2D eigenvalue weighted by atomic mass is 16.5. The number of rotatable bonds is 3. The molecule has 4 rings (SSSR count). The highest BCUT2D eigenvalue weighted by Gasteiger charge is 2.29. The van der Waals surface area contributed by atoms with Gasteiger partial charge in [0.25, 0.3) is 0 Å². The molecule has 5 heteroatoms. The largest absolute Gasteiger partial charge is 0.397 e. The minimum atomic E-state index is 0.0977. The molecule has 0 saturated carbocycles. The van der Waals surface area contributed by atoms with E-state index in [1.54, 1.807) is 0 Å². The standard InChI is InChI=1S/C21H27N3O2/c22-18-12-15-6-1-2-9-19(15)23-21(18)16-7-5-10-24(14-16)20(25)13-17-8-3-4-11-26-17/h1-2,6,9,12,16-17H,3-5,7-8,10-11,13-14,22H2. The fourth-order valence-electron chi connectivity index (χ4n) is 4.19. The van der Waals surface area contributed by atoms with Crippen molar-refractivity contribution in [3.63, 3.8) is 0 Å². The summed E-state index contributed by atoms with van der Waals surface area (Å²) in [6.07, 6.45) is 5.91. The number of hydrogen-bond acceptors (Lipinski definition) is 4. The summed E-state index contributed by atoms with van der Waals surface area (Å²) in [6, 6.07) is 10.1. The monoisotopic (exact) mass is 353 g/mol. The molecule has 2 N–H and O–H groups in total. The van der Waals surface area contributed by atoms with Crippen LogP contribution in [0.2, 0.25) is 0 Å². The Bertz CT molecular complexity index is 786. The second kappa shape index (κ2) is 7.62. The Morgan fingerprint density at radius 1 is 1.23 bits per heavy atom. The van der Waals surface area contributed by atoms with Crippen molar-refractivity contribution in [1.82, 2.24) is 9.88 Å². The van der Waals surface area contributed by atoms with Crippen LogP contribution in [0.4, 0.5) is 5.69 Å². The van der Waals surface area contributed by atoms with Gasteiger partial charge in [0.1, 0.15) is 0 Å². The molecule has 2 unspecified atom stereocenters. The number of benzene rings is 1. The van der Waals surface area contributed by atoms with Crippen LogP contribution in [0.5, 0.6) is 0 Å². The third kappa shape index (κ3) is 3.68. The molecule has 2 fully saturated rings. The molecule has 2 aromatic rings. The van der Waals surface area contributed by atoms with Crippen LogP contribution < -0.4 is 5.73 Å². The van der Waals surface area contributed by atoms with Gasteiger partial charge in [-0.2, -0.15) is 0 Å². The van der Waals surface area contributed by atoms with Crippen molar-refractivity contribution in [2.24, 2.45) is 0 Å². The molecule has 2 aliphatic heterocycles. The molecular formula is C21H27N3O2. The van der Waals surface area contributed by atoms with Crippen LogP contribution in [0.25, 0.3) is 10.9 Å². The third-order valence-electron chi connectivity index (χ3n) is 5.62. The number of nitrogens with zero attached hydrogens (tertiary/aromatic N) is 2. The first-order valence-electron chi connectivity index (χ1n) is 9.75. The van der Waals surface area contributed by atoms with Gasteiger partial charge in [0, 0.05) is 31.0 Å². The fraction of sp³-hybridized carbons (Fsp3) is 0.524. The van der Waals surface area contributed by atoms with Crippen molar-refractivity contribution in [2.75, 3.05) is 25.4 Å². The average Bonchev–Trinajstić information content (AvgIpc) is 2.68. The Hall–Kier alpha value is -2.14. The second-order valence-electron chi connectivity index (χ2n) is 7.53. The van der Waals surface area contributed by atoms with Crippen molar-refractivity contribution < 1.29 is 9.53 Å². The van der Waals surface area contributed by atoms with Crippen LogP contribution in [0.15, 0.2) is 30.3 Å². The lowest BCUT2D eigenvalue weighted by molar-refractivity contribution is -0.136. The molecule has 0 bridgehead atoms. The SMILES string of the molecule is Nc1cc2ccccc2nc1C1CCCN(C(=O)CC2CCCCO2)C1. The number of nitrogen functional groups attached to an aromatic ring is 1. The number of anilines is 1. The first-order valence-corrected chi connectivity index (χ1v) is 9.75. The zero-order chi connectivity index (χ0) is 17.9. The van der Waals surface area contributed by atoms with Crippen LogP contribution in [0.1, 0.15) is 50.1 Å². The highest BCUT2D eigenvalue weighted by molar-refractivity contribution is 5.82. The number of ether oxygens (including phenoxy) is 1. The Morgan fingerprint density at radius 3 is 2.96 bits per heavy atom. The van der Waals surface area contributed by atoms with Crippen LogP contribution >= 0.6 is 0 Å². The minimum Gasteiger partial charge on any atom is -0.397 e. The first kappa shape index (κ1) is 17.3. The lowest BCUT2D eigenvalue weighted by atomic mass is 9.92. The molecule has 0 radical (unpaired) electrons. The topological polar surface area (TPSA) is 68.5 Å². The summed E-state index contributed by atoms with van der Waals surface area (Å²) in [5.41, 5.74) is 8.95. The van der Waals surface area contributed by atoms with Gasteiger partial charge in [-0.05, 0) is 44.2 Å². The van der Waals surface area contributed by atoms with Gasteiger partial charge >= 0.3 is 0 Å². The maximum Gasteiger partial charge on any atom is 0.225 e. The van der Waals surface area contributed by atoms with E-state index in [9.17, 15) is 4.79 Å². The Labute approximate surface area is 154 Å². The van der Waals surface area contributed by atoms with Crippen molar-refractivity contribution in [3.05, 3.63) is 36.0 Å². The minimum absolute atomic E-state index is 0.0977. The molecule has 5 nitrogen and oxygen atoms in total. The number of piperidine rings is 1. The number of likely N-dealkylation sites (tertiary alicyclic amines) is 1. The molecule has 26 heavy (non-hydrogen) atoms. The number of para-hydroxylation sites is 1. The van der Waals surface area contributed by atoms with E-state index in [2.05, 4.69) is 0 Å². The number of amides is 1. The predicted molar refractivity (Wildman–Crippen MR) is 103 cm³/mol. The number of fused-ring (bicyclic) bond motifs is 1. The first-order chi connectivity index (χ1) is 12.7. The molecule has 1 aromatic carbocycles. The van der Waals surface area contributed by atoms with Crippen molar-refractivity contribution >= 4 is 22.5 Å². The smallest absolute Gasteiger partial charge is 0.225 e. The van der Waals surface area contributed by atoms with Gasteiger partial charge in [0.15, 0.2) is 0 Å². The van der Waals surface area contributed by atoms with Crippen LogP contribution in [-0.2, 0) is 9.53 Å². The summed E-state index contributed by atoms with van der Waals surface area (Å²) in [7, 11) is 0. The normalized spacial score (nSPS) is 23.9. The summed E-state index contributed by atoms with van der Waals surface area (Å²) in [5.74, 6) is 0.422. The molecule has 1 aromatic heterocycles. The van der Waals surface area contributed by atoms with Crippen LogP contribution in [-0.4, -0.2) is 41.6 Å². The zero-order valence-electron chi connectivity index (χ0n) is 15.2. The lowest BCUT2D eigenvalue weighted by Crippen LogP contribution is -2.41. The van der Waals surface area contributed by atoms with Crippen molar-refractivity contribution in [1.29, 1.82) is 0 Å². The van der Waals surface area contributed by atoms with Crippen molar-refractivity contribution in [2.45, 2.75) is 50.5 Å². The van der Waals surface area contributed by atoms with Gasteiger partial charge < -0.3 is 15.4 Å². The molecule has 0 aliphatic carbocycles. The molecule has 2 atom stereocenters. The molecule has 2 saturated heterocycles. The Morgan fingerprint density at radius 2 is 2.12 bits per heavy atom. The Balaban J connectivity index is 1.48. The maximum absolute atomic E-state index is 12.7. The zero-order valence-corrected chi connectivity index (χ0v) is 15.2.